The van der Waals surface area contributed by atoms with Crippen LogP contribution in [0.2, 0.25) is 0 Å². The zero-order valence-electron chi connectivity index (χ0n) is 15.0. The van der Waals surface area contributed by atoms with Crippen LogP contribution in [-0.4, -0.2) is 32.1 Å². The molecule has 3 rings (SSSR count). The summed E-state index contributed by atoms with van der Waals surface area (Å²) in [5.74, 6) is 0.0357. The maximum Gasteiger partial charge on any atom is 0.397 e. The first-order valence-electron chi connectivity index (χ1n) is 8.21. The molecule has 0 aliphatic heterocycles. The molecule has 0 saturated heterocycles. The summed E-state index contributed by atoms with van der Waals surface area (Å²) in [6.45, 7) is 3.78. The topological polar surface area (TPSA) is 81.9 Å². The van der Waals surface area contributed by atoms with Crippen molar-refractivity contribution in [1.29, 1.82) is 0 Å². The first kappa shape index (κ1) is 19.3. The maximum atomic E-state index is 12.2. The van der Waals surface area contributed by atoms with Gasteiger partial charge in [-0.2, -0.15) is 18.3 Å². The van der Waals surface area contributed by atoms with Crippen LogP contribution in [0.1, 0.15) is 17.8 Å². The highest BCUT2D eigenvalue weighted by Gasteiger charge is 2.31. The molecule has 2 aromatic heterocycles. The molecule has 0 atom stereocenters. The molecule has 3 aromatic rings. The van der Waals surface area contributed by atoms with Gasteiger partial charge in [-0.25, -0.2) is 4.68 Å². The number of nitrogens with zero attached hydrogens (tertiary/aromatic N) is 4. The Morgan fingerprint density at radius 3 is 2.36 bits per heavy atom. The Morgan fingerprint density at radius 1 is 1.11 bits per heavy atom. The zero-order chi connectivity index (χ0) is 20.3. The monoisotopic (exact) mass is 391 g/mol. The summed E-state index contributed by atoms with van der Waals surface area (Å²) in [4.78, 5) is 11.3. The van der Waals surface area contributed by atoms with Gasteiger partial charge in [-0.15, -0.1) is 10.2 Å². The Balaban J connectivity index is 1.62. The lowest BCUT2D eigenvalue weighted by Crippen LogP contribution is -2.21. The Bertz CT molecular complexity index is 966. The van der Waals surface area contributed by atoms with Crippen molar-refractivity contribution in [2.45, 2.75) is 26.4 Å². The Hall–Kier alpha value is -3.43. The van der Waals surface area contributed by atoms with E-state index in [4.69, 9.17) is 4.74 Å². The molecule has 0 aliphatic carbocycles. The van der Waals surface area contributed by atoms with Crippen molar-refractivity contribution in [1.82, 2.24) is 20.0 Å². The number of amides is 1. The molecule has 0 radical (unpaired) electrons. The number of carbonyl (C=O) groups excluding carboxylic acids is 1. The van der Waals surface area contributed by atoms with E-state index in [1.54, 1.807) is 16.8 Å². The number of carbonyl (C=O) groups is 1. The first-order chi connectivity index (χ1) is 13.2. The minimum atomic E-state index is -4.55. The lowest BCUT2D eigenvalue weighted by molar-refractivity contribution is -0.150. The lowest BCUT2D eigenvalue weighted by Gasteiger charge is -2.09. The molecule has 0 bridgehead atoms. The van der Waals surface area contributed by atoms with Gasteiger partial charge in [0.1, 0.15) is 12.2 Å². The SMILES string of the molecule is Cc1cc(C)n(-c2ccc(Oc3ccc(NC(=O)CC(F)(F)F)cc3)nn2)n1. The summed E-state index contributed by atoms with van der Waals surface area (Å²) in [6.07, 6.45) is -6.09. The predicted octanol–water partition coefficient (Wildman–Crippen LogP) is 3.96. The van der Waals surface area contributed by atoms with E-state index in [9.17, 15) is 18.0 Å². The average molecular weight is 391 g/mol. The summed E-state index contributed by atoms with van der Waals surface area (Å²) in [7, 11) is 0. The van der Waals surface area contributed by atoms with Crippen molar-refractivity contribution in [2.75, 3.05) is 5.32 Å². The van der Waals surface area contributed by atoms with E-state index in [-0.39, 0.29) is 11.6 Å². The number of nitrogens with one attached hydrogen (secondary N) is 1. The highest BCUT2D eigenvalue weighted by Crippen LogP contribution is 2.23. The number of rotatable bonds is 5. The van der Waals surface area contributed by atoms with Crippen molar-refractivity contribution in [3.05, 3.63) is 53.9 Å². The van der Waals surface area contributed by atoms with Crippen LogP contribution >= 0.6 is 0 Å². The lowest BCUT2D eigenvalue weighted by atomic mass is 10.3. The standard InChI is InChI=1S/C18H16F3N5O2/c1-11-9-12(2)26(25-11)15-7-8-17(24-23-15)28-14-5-3-13(4-6-14)22-16(27)10-18(19,20)21/h3-9H,10H2,1-2H3,(H,22,27). The van der Waals surface area contributed by atoms with Gasteiger partial charge in [-0.1, -0.05) is 0 Å². The number of anilines is 1. The number of ether oxygens (including phenoxy) is 1. The third-order valence-electron chi connectivity index (χ3n) is 3.57. The summed E-state index contributed by atoms with van der Waals surface area (Å²) in [6, 6.07) is 11.1. The second-order valence-corrected chi connectivity index (χ2v) is 6.04. The number of hydrogen-bond acceptors (Lipinski definition) is 5. The fourth-order valence-corrected chi connectivity index (χ4v) is 2.46. The van der Waals surface area contributed by atoms with Crippen LogP contribution in [0.3, 0.4) is 0 Å². The molecule has 146 valence electrons. The number of halogens is 3. The highest BCUT2D eigenvalue weighted by molar-refractivity contribution is 5.91. The van der Waals surface area contributed by atoms with E-state index in [1.165, 1.54) is 24.3 Å². The predicted molar refractivity (Wildman–Crippen MR) is 94.4 cm³/mol. The third-order valence-corrected chi connectivity index (χ3v) is 3.57. The first-order valence-corrected chi connectivity index (χ1v) is 8.21. The summed E-state index contributed by atoms with van der Waals surface area (Å²) in [5.41, 5.74) is 2.01. The van der Waals surface area contributed by atoms with E-state index in [0.717, 1.165) is 11.4 Å². The Labute approximate surface area is 158 Å². The third kappa shape index (κ3) is 5.06. The molecule has 7 nitrogen and oxygen atoms in total. The highest BCUT2D eigenvalue weighted by atomic mass is 19.4. The van der Waals surface area contributed by atoms with Crippen molar-refractivity contribution >= 4 is 11.6 Å². The average Bonchev–Trinajstić information content (AvgIpc) is 2.94. The van der Waals surface area contributed by atoms with E-state index in [0.29, 0.717) is 11.6 Å². The van der Waals surface area contributed by atoms with E-state index < -0.39 is 18.5 Å². The number of aromatic nitrogens is 4. The molecule has 1 N–H and O–H groups in total. The second-order valence-electron chi connectivity index (χ2n) is 6.04. The smallest absolute Gasteiger partial charge is 0.397 e. The van der Waals surface area contributed by atoms with Gasteiger partial charge in [0.05, 0.1) is 5.69 Å². The van der Waals surface area contributed by atoms with Gasteiger partial charge in [0.15, 0.2) is 5.82 Å². The molecule has 28 heavy (non-hydrogen) atoms. The molecular formula is C18H16F3N5O2. The van der Waals surface area contributed by atoms with Gasteiger partial charge in [-0.05, 0) is 50.2 Å². The molecule has 0 spiro atoms. The summed E-state index contributed by atoms with van der Waals surface area (Å²) < 4.78 is 43.7. The quantitative estimate of drug-likeness (QED) is 0.712. The van der Waals surface area contributed by atoms with Crippen LogP contribution in [0.4, 0.5) is 18.9 Å². The fourth-order valence-electron chi connectivity index (χ4n) is 2.46. The van der Waals surface area contributed by atoms with Crippen molar-refractivity contribution in [3.63, 3.8) is 0 Å². The van der Waals surface area contributed by atoms with Gasteiger partial charge < -0.3 is 10.1 Å². The minimum absolute atomic E-state index is 0.229. The minimum Gasteiger partial charge on any atom is -0.438 e. The zero-order valence-corrected chi connectivity index (χ0v) is 15.0. The molecule has 0 saturated carbocycles. The van der Waals surface area contributed by atoms with Gasteiger partial charge in [0.25, 0.3) is 0 Å². The van der Waals surface area contributed by atoms with Gasteiger partial charge in [0, 0.05) is 17.4 Å². The molecule has 0 aliphatic rings. The fraction of sp³-hybridized carbons (Fsp3) is 0.222. The van der Waals surface area contributed by atoms with Crippen molar-refractivity contribution < 1.29 is 22.7 Å². The van der Waals surface area contributed by atoms with Crippen LogP contribution in [0, 0.1) is 13.8 Å². The molecule has 0 unspecified atom stereocenters. The summed E-state index contributed by atoms with van der Waals surface area (Å²) in [5, 5.41) is 14.5. The Kier molecular flexibility index (Phi) is 5.30. The largest absolute Gasteiger partial charge is 0.438 e. The van der Waals surface area contributed by atoms with Crippen LogP contribution in [0.15, 0.2) is 42.5 Å². The van der Waals surface area contributed by atoms with Crippen LogP contribution in [0.5, 0.6) is 11.6 Å². The molecule has 0 fully saturated rings. The van der Waals surface area contributed by atoms with Crippen molar-refractivity contribution in [2.24, 2.45) is 0 Å². The number of aryl methyl sites for hydroxylation is 2. The molecule has 1 amide bonds. The number of alkyl halides is 3. The second kappa shape index (κ2) is 7.67. The maximum absolute atomic E-state index is 12.2. The van der Waals surface area contributed by atoms with Gasteiger partial charge in [0.2, 0.25) is 11.8 Å². The van der Waals surface area contributed by atoms with E-state index in [1.807, 2.05) is 19.9 Å². The van der Waals surface area contributed by atoms with Crippen LogP contribution in [-0.2, 0) is 4.79 Å². The Morgan fingerprint density at radius 2 is 1.82 bits per heavy atom. The van der Waals surface area contributed by atoms with Gasteiger partial charge in [-0.3, -0.25) is 4.79 Å². The molecular weight excluding hydrogens is 375 g/mol. The normalized spacial score (nSPS) is 11.3. The van der Waals surface area contributed by atoms with Gasteiger partial charge >= 0.3 is 6.18 Å². The number of hydrogen-bond donors (Lipinski definition) is 1. The van der Waals surface area contributed by atoms with Crippen LogP contribution < -0.4 is 10.1 Å². The molecule has 1 aromatic carbocycles. The molecule has 2 heterocycles. The van der Waals surface area contributed by atoms with E-state index >= 15 is 0 Å². The number of benzene rings is 1. The molecule has 10 heteroatoms. The van der Waals surface area contributed by atoms with Crippen LogP contribution in [0.25, 0.3) is 5.82 Å². The summed E-state index contributed by atoms with van der Waals surface area (Å²) >= 11 is 0. The van der Waals surface area contributed by atoms with Crippen molar-refractivity contribution in [3.8, 4) is 17.4 Å². The van der Waals surface area contributed by atoms with E-state index in [2.05, 4.69) is 20.6 Å².